The smallest absolute Gasteiger partial charge is 0.354 e. The number of fused-ring (bicyclic) bond motifs is 1. The van der Waals surface area contributed by atoms with Crippen molar-refractivity contribution < 1.29 is 17.9 Å². The molecule has 0 radical (unpaired) electrons. The van der Waals surface area contributed by atoms with Crippen LogP contribution < -0.4 is 15.4 Å². The summed E-state index contributed by atoms with van der Waals surface area (Å²) in [6.45, 7) is 0.132. The number of halogens is 3. The Morgan fingerprint density at radius 2 is 2.22 bits per heavy atom. The van der Waals surface area contributed by atoms with Crippen molar-refractivity contribution in [3.05, 3.63) is 18.2 Å². The standard InChI is InChI=1S/C12H15F3N2O/c1-2-9-6-18-11-5-8(16)3-4-10(11)17(9)12(14,15)7-13/h3-5,9H,2,6-7,16H2,1H3/t9-/m1/s1. The molecule has 100 valence electrons. The van der Waals surface area contributed by atoms with E-state index >= 15 is 0 Å². The van der Waals surface area contributed by atoms with E-state index in [1.165, 1.54) is 18.2 Å². The Kier molecular flexibility index (Phi) is 3.28. The largest absolute Gasteiger partial charge is 0.489 e. The van der Waals surface area contributed by atoms with Gasteiger partial charge in [0.2, 0.25) is 0 Å². The molecule has 1 aliphatic rings. The Morgan fingerprint density at radius 1 is 1.50 bits per heavy atom. The lowest BCUT2D eigenvalue weighted by molar-refractivity contribution is -0.0392. The minimum absolute atomic E-state index is 0.0997. The molecule has 6 heteroatoms. The number of rotatable bonds is 3. The van der Waals surface area contributed by atoms with Crippen LogP contribution in [-0.2, 0) is 0 Å². The van der Waals surface area contributed by atoms with Crippen LogP contribution in [0.1, 0.15) is 13.3 Å². The lowest BCUT2D eigenvalue weighted by atomic mass is 10.1. The van der Waals surface area contributed by atoms with Gasteiger partial charge in [0.05, 0.1) is 11.7 Å². The maximum absolute atomic E-state index is 13.7. The van der Waals surface area contributed by atoms with E-state index in [1.54, 1.807) is 6.92 Å². The summed E-state index contributed by atoms with van der Waals surface area (Å²) in [5.74, 6) is 0.271. The van der Waals surface area contributed by atoms with Gasteiger partial charge < -0.3 is 15.4 Å². The molecule has 0 saturated heterocycles. The molecule has 1 aromatic carbocycles. The van der Waals surface area contributed by atoms with Gasteiger partial charge >= 0.3 is 6.05 Å². The van der Waals surface area contributed by atoms with E-state index in [-0.39, 0.29) is 18.0 Å². The molecule has 0 bridgehead atoms. The molecular formula is C12H15F3N2O. The van der Waals surface area contributed by atoms with Crippen molar-refractivity contribution >= 4 is 11.4 Å². The normalized spacial score (nSPS) is 19.3. The van der Waals surface area contributed by atoms with Crippen molar-refractivity contribution in [1.82, 2.24) is 0 Å². The van der Waals surface area contributed by atoms with Crippen molar-refractivity contribution in [2.75, 3.05) is 23.9 Å². The fourth-order valence-electron chi connectivity index (χ4n) is 2.11. The Morgan fingerprint density at radius 3 is 2.83 bits per heavy atom. The average Bonchev–Trinajstić information content (AvgIpc) is 2.37. The number of benzene rings is 1. The Labute approximate surface area is 103 Å². The Hall–Kier alpha value is -1.59. The zero-order valence-electron chi connectivity index (χ0n) is 10.00. The first-order valence-corrected chi connectivity index (χ1v) is 5.75. The molecule has 1 aliphatic heterocycles. The molecule has 0 aromatic heterocycles. The first-order chi connectivity index (χ1) is 8.49. The van der Waals surface area contributed by atoms with Gasteiger partial charge in [0.1, 0.15) is 12.4 Å². The van der Waals surface area contributed by atoms with Crippen LogP contribution in [0.15, 0.2) is 18.2 Å². The molecule has 0 amide bonds. The molecule has 0 saturated carbocycles. The molecule has 1 aromatic rings. The van der Waals surface area contributed by atoms with E-state index in [4.69, 9.17) is 10.5 Å². The second-order valence-electron chi connectivity index (χ2n) is 4.27. The molecule has 3 nitrogen and oxygen atoms in total. The molecule has 0 spiro atoms. The molecule has 2 rings (SSSR count). The lowest BCUT2D eigenvalue weighted by Crippen LogP contribution is -2.54. The van der Waals surface area contributed by atoms with Crippen LogP contribution in [0, 0.1) is 0 Å². The van der Waals surface area contributed by atoms with E-state index in [0.29, 0.717) is 12.1 Å². The number of hydrogen-bond donors (Lipinski definition) is 1. The zero-order valence-corrected chi connectivity index (χ0v) is 10.00. The van der Waals surface area contributed by atoms with Crippen LogP contribution in [0.2, 0.25) is 0 Å². The first kappa shape index (κ1) is 12.9. The molecule has 0 aliphatic carbocycles. The van der Waals surface area contributed by atoms with E-state index in [2.05, 4.69) is 0 Å². The third kappa shape index (κ3) is 2.07. The second kappa shape index (κ2) is 4.59. The highest BCUT2D eigenvalue weighted by Gasteiger charge is 2.44. The molecule has 18 heavy (non-hydrogen) atoms. The summed E-state index contributed by atoms with van der Waals surface area (Å²) >= 11 is 0. The Bertz CT molecular complexity index is 439. The van der Waals surface area contributed by atoms with Crippen molar-refractivity contribution in [3.8, 4) is 5.75 Å². The number of ether oxygens (including phenoxy) is 1. The van der Waals surface area contributed by atoms with Gasteiger partial charge in [0, 0.05) is 11.8 Å². The van der Waals surface area contributed by atoms with E-state index in [9.17, 15) is 13.2 Å². The van der Waals surface area contributed by atoms with Gasteiger partial charge in [-0.05, 0) is 18.6 Å². The van der Waals surface area contributed by atoms with Crippen LogP contribution in [0.4, 0.5) is 24.5 Å². The van der Waals surface area contributed by atoms with Gasteiger partial charge in [-0.1, -0.05) is 6.92 Å². The van der Waals surface area contributed by atoms with Gasteiger partial charge in [-0.15, -0.1) is 0 Å². The summed E-state index contributed by atoms with van der Waals surface area (Å²) in [4.78, 5) is 0.797. The summed E-state index contributed by atoms with van der Waals surface area (Å²) < 4.78 is 45.4. The maximum atomic E-state index is 13.7. The van der Waals surface area contributed by atoms with Crippen LogP contribution in [0.3, 0.4) is 0 Å². The summed E-state index contributed by atoms with van der Waals surface area (Å²) in [6.07, 6.45) is 0.444. The number of nitrogen functional groups attached to an aromatic ring is 1. The van der Waals surface area contributed by atoms with Crippen molar-refractivity contribution in [2.45, 2.75) is 25.4 Å². The highest BCUT2D eigenvalue weighted by atomic mass is 19.3. The van der Waals surface area contributed by atoms with E-state index < -0.39 is 18.8 Å². The van der Waals surface area contributed by atoms with Crippen LogP contribution >= 0.6 is 0 Å². The lowest BCUT2D eigenvalue weighted by Gasteiger charge is -2.41. The van der Waals surface area contributed by atoms with E-state index in [0.717, 1.165) is 4.90 Å². The van der Waals surface area contributed by atoms with Crippen molar-refractivity contribution in [1.29, 1.82) is 0 Å². The van der Waals surface area contributed by atoms with Gasteiger partial charge in [-0.3, -0.25) is 0 Å². The molecule has 1 atom stereocenters. The third-order valence-electron chi connectivity index (χ3n) is 3.02. The topological polar surface area (TPSA) is 38.5 Å². The van der Waals surface area contributed by atoms with Gasteiger partial charge in [0.15, 0.2) is 6.67 Å². The molecule has 0 unspecified atom stereocenters. The zero-order chi connectivity index (χ0) is 13.3. The van der Waals surface area contributed by atoms with Crippen molar-refractivity contribution in [3.63, 3.8) is 0 Å². The molecule has 1 heterocycles. The van der Waals surface area contributed by atoms with Gasteiger partial charge in [0.25, 0.3) is 0 Å². The third-order valence-corrected chi connectivity index (χ3v) is 3.02. The van der Waals surface area contributed by atoms with Gasteiger partial charge in [-0.2, -0.15) is 8.78 Å². The maximum Gasteiger partial charge on any atom is 0.354 e. The summed E-state index contributed by atoms with van der Waals surface area (Å²) in [5.41, 5.74) is 6.18. The highest BCUT2D eigenvalue weighted by molar-refractivity contribution is 5.66. The minimum Gasteiger partial charge on any atom is -0.489 e. The molecule has 2 N–H and O–H groups in total. The number of nitrogens with two attached hydrogens (primary N) is 1. The van der Waals surface area contributed by atoms with Crippen LogP contribution in [-0.4, -0.2) is 25.4 Å². The summed E-state index contributed by atoms with van der Waals surface area (Å²) in [6, 6.07) is 0.335. The average molecular weight is 260 g/mol. The minimum atomic E-state index is -3.53. The summed E-state index contributed by atoms with van der Waals surface area (Å²) in [7, 11) is 0. The van der Waals surface area contributed by atoms with Gasteiger partial charge in [-0.25, -0.2) is 4.39 Å². The fourth-order valence-corrected chi connectivity index (χ4v) is 2.11. The van der Waals surface area contributed by atoms with Crippen LogP contribution in [0.25, 0.3) is 0 Å². The highest BCUT2D eigenvalue weighted by Crippen LogP contribution is 2.41. The monoisotopic (exact) mass is 260 g/mol. The SMILES string of the molecule is CC[C@@H]1COc2cc(N)ccc2N1C(F)(F)CF. The predicted molar refractivity (Wildman–Crippen MR) is 63.8 cm³/mol. The number of hydrogen-bond acceptors (Lipinski definition) is 3. The number of nitrogens with zero attached hydrogens (tertiary/aromatic N) is 1. The summed E-state index contributed by atoms with van der Waals surface area (Å²) in [5, 5.41) is 0. The van der Waals surface area contributed by atoms with Crippen molar-refractivity contribution in [2.24, 2.45) is 0 Å². The molecular weight excluding hydrogens is 245 g/mol. The number of anilines is 2. The predicted octanol–water partition coefficient (Wildman–Crippen LogP) is 2.81. The number of alkyl halides is 3. The quantitative estimate of drug-likeness (QED) is 0.671. The molecule has 0 fully saturated rings. The Balaban J connectivity index is 2.47. The first-order valence-electron chi connectivity index (χ1n) is 5.75. The van der Waals surface area contributed by atoms with Crippen LogP contribution in [0.5, 0.6) is 5.75 Å². The second-order valence-corrected chi connectivity index (χ2v) is 4.27. The van der Waals surface area contributed by atoms with E-state index in [1.807, 2.05) is 0 Å². The fraction of sp³-hybridized carbons (Fsp3) is 0.500.